The van der Waals surface area contributed by atoms with Crippen LogP contribution in [-0.4, -0.2) is 19.1 Å². The summed E-state index contributed by atoms with van der Waals surface area (Å²) in [6, 6.07) is 65.6. The molecule has 58 heavy (non-hydrogen) atoms. The topological polar surface area (TPSA) is 44.9 Å². The van der Waals surface area contributed by atoms with E-state index in [4.69, 9.17) is 14.7 Å². The maximum atomic E-state index is 6.79. The lowest BCUT2D eigenvalue weighted by atomic mass is 9.66. The van der Waals surface area contributed by atoms with E-state index in [2.05, 4.69) is 173 Å². The van der Waals surface area contributed by atoms with E-state index in [1.165, 1.54) is 43.6 Å². The molecule has 0 radical (unpaired) electrons. The van der Waals surface area contributed by atoms with Gasteiger partial charge in [0.25, 0.3) is 0 Å². The lowest BCUT2D eigenvalue weighted by Gasteiger charge is -2.39. The average Bonchev–Trinajstić information content (AvgIpc) is 3.91. The molecule has 1 spiro atoms. The average molecular weight is 741 g/mol. The molecule has 0 atom stereocenters. The Bertz CT molecular complexity index is 3230. The van der Waals surface area contributed by atoms with Gasteiger partial charge in [0.1, 0.15) is 11.5 Å². The second-order valence-corrected chi connectivity index (χ2v) is 15.3. The fourth-order valence-electron chi connectivity index (χ4n) is 10.2. The highest BCUT2D eigenvalue weighted by atomic mass is 16.5. The van der Waals surface area contributed by atoms with Gasteiger partial charge in [0.05, 0.1) is 38.9 Å². The Labute approximate surface area is 333 Å². The number of para-hydroxylation sites is 5. The third-order valence-electron chi connectivity index (χ3n) is 12.5. The van der Waals surface area contributed by atoms with Crippen molar-refractivity contribution in [3.63, 3.8) is 0 Å². The second kappa shape index (κ2) is 11.6. The fraction of sp³-hybridized carbons (Fsp3) is 0.0189. The zero-order chi connectivity index (χ0) is 38.0. The first-order valence-corrected chi connectivity index (χ1v) is 19.7. The molecule has 0 unspecified atom stereocenters. The lowest BCUT2D eigenvalue weighted by molar-refractivity contribution is 0.436. The van der Waals surface area contributed by atoms with Crippen molar-refractivity contribution in [3.8, 4) is 45.4 Å². The summed E-state index contributed by atoms with van der Waals surface area (Å²) in [5.74, 6) is 1.67. The van der Waals surface area contributed by atoms with Gasteiger partial charge in [0, 0.05) is 56.4 Å². The van der Waals surface area contributed by atoms with Crippen LogP contribution in [-0.2, 0) is 5.41 Å². The summed E-state index contributed by atoms with van der Waals surface area (Å²) in [5, 5.41) is 4.92. The summed E-state index contributed by atoms with van der Waals surface area (Å²) in [4.78, 5) is 9.89. The van der Waals surface area contributed by atoms with Crippen molar-refractivity contribution < 1.29 is 4.74 Å². The van der Waals surface area contributed by atoms with Gasteiger partial charge in [0.15, 0.2) is 0 Å². The van der Waals surface area contributed by atoms with E-state index in [0.717, 1.165) is 67.6 Å². The monoisotopic (exact) mass is 740 g/mol. The van der Waals surface area contributed by atoms with Crippen LogP contribution in [0.1, 0.15) is 22.3 Å². The van der Waals surface area contributed by atoms with Crippen LogP contribution in [0.2, 0.25) is 0 Å². The molecular formula is C53H32N4O. The van der Waals surface area contributed by atoms with Crippen molar-refractivity contribution in [2.75, 3.05) is 0 Å². The Balaban J connectivity index is 1.13. The summed E-state index contributed by atoms with van der Waals surface area (Å²) in [6.45, 7) is 0. The van der Waals surface area contributed by atoms with Crippen LogP contribution in [0.3, 0.4) is 0 Å². The lowest BCUT2D eigenvalue weighted by Crippen LogP contribution is -2.32. The third kappa shape index (κ3) is 4.09. The van der Waals surface area contributed by atoms with Gasteiger partial charge < -0.3 is 13.9 Å². The Hall–Kier alpha value is -7.76. The molecule has 0 N–H and O–H groups in total. The Morgan fingerprint density at radius 1 is 0.362 bits per heavy atom. The Morgan fingerprint density at radius 3 is 1.34 bits per heavy atom. The summed E-state index contributed by atoms with van der Waals surface area (Å²) >= 11 is 0. The van der Waals surface area contributed by atoms with Gasteiger partial charge >= 0.3 is 0 Å². The van der Waals surface area contributed by atoms with Crippen LogP contribution in [0.5, 0.6) is 11.5 Å². The minimum absolute atomic E-state index is 0.673. The number of nitrogens with zero attached hydrogens (tertiary/aromatic N) is 4. The zero-order valence-corrected chi connectivity index (χ0v) is 31.2. The highest BCUT2D eigenvalue weighted by molar-refractivity contribution is 6.10. The summed E-state index contributed by atoms with van der Waals surface area (Å²) in [5.41, 5.74) is 14.6. The molecule has 13 rings (SSSR count). The molecule has 5 nitrogen and oxygen atoms in total. The van der Waals surface area contributed by atoms with Crippen LogP contribution in [0.4, 0.5) is 0 Å². The summed E-state index contributed by atoms with van der Waals surface area (Å²) in [6.07, 6.45) is 3.74. The van der Waals surface area contributed by atoms with E-state index >= 15 is 0 Å². The number of aromatic nitrogens is 4. The van der Waals surface area contributed by atoms with Crippen molar-refractivity contribution in [2.24, 2.45) is 0 Å². The maximum absolute atomic E-state index is 6.79. The third-order valence-corrected chi connectivity index (χ3v) is 12.5. The number of hydrogen-bond donors (Lipinski definition) is 0. The maximum Gasteiger partial charge on any atom is 0.132 e. The predicted molar refractivity (Wildman–Crippen MR) is 234 cm³/mol. The molecule has 5 heteroatoms. The molecule has 2 aliphatic rings. The Kier molecular flexibility index (Phi) is 6.31. The largest absolute Gasteiger partial charge is 0.457 e. The summed E-state index contributed by atoms with van der Waals surface area (Å²) in [7, 11) is 0. The number of fused-ring (bicyclic) bond motifs is 15. The minimum Gasteiger partial charge on any atom is -0.457 e. The number of ether oxygens (including phenoxy) is 1. The second-order valence-electron chi connectivity index (χ2n) is 15.3. The molecule has 0 saturated heterocycles. The molecule has 0 bridgehead atoms. The quantitative estimate of drug-likeness (QED) is 0.181. The molecule has 0 amide bonds. The molecule has 11 aromatic rings. The predicted octanol–water partition coefficient (Wildman–Crippen LogP) is 12.8. The van der Waals surface area contributed by atoms with E-state index in [1.807, 2.05) is 30.6 Å². The van der Waals surface area contributed by atoms with Crippen molar-refractivity contribution >= 4 is 43.6 Å². The number of pyridine rings is 2. The molecule has 0 saturated carbocycles. The van der Waals surface area contributed by atoms with Crippen molar-refractivity contribution in [3.05, 3.63) is 217 Å². The van der Waals surface area contributed by atoms with Gasteiger partial charge in [0.2, 0.25) is 0 Å². The highest BCUT2D eigenvalue weighted by Gasteiger charge is 2.52. The molecular weight excluding hydrogens is 709 g/mol. The van der Waals surface area contributed by atoms with Gasteiger partial charge in [-0.3, -0.25) is 9.97 Å². The SMILES string of the molecule is c1ccc2c(c1)Oc1ccc(-c3cc(-n4c5ccccc5c5ccccc54)cc(-n4c5ccccc5c5ccccc54)c3)cc1C21c2cccnc2-c2ncccc21. The van der Waals surface area contributed by atoms with Gasteiger partial charge in [-0.1, -0.05) is 109 Å². The molecule has 1 aliphatic carbocycles. The van der Waals surface area contributed by atoms with Crippen LogP contribution in [0.25, 0.3) is 77.5 Å². The zero-order valence-electron chi connectivity index (χ0n) is 31.2. The number of hydrogen-bond acceptors (Lipinski definition) is 3. The molecule has 7 aromatic carbocycles. The first kappa shape index (κ1) is 31.4. The number of benzene rings is 7. The highest BCUT2D eigenvalue weighted by Crippen LogP contribution is 2.61. The molecule has 0 fully saturated rings. The van der Waals surface area contributed by atoms with E-state index in [-0.39, 0.29) is 0 Å². The van der Waals surface area contributed by atoms with Crippen LogP contribution in [0, 0.1) is 0 Å². The minimum atomic E-state index is -0.673. The fourth-order valence-corrected chi connectivity index (χ4v) is 10.2. The smallest absolute Gasteiger partial charge is 0.132 e. The number of rotatable bonds is 3. The van der Waals surface area contributed by atoms with Crippen LogP contribution in [0.15, 0.2) is 194 Å². The van der Waals surface area contributed by atoms with Gasteiger partial charge in [-0.15, -0.1) is 0 Å². The van der Waals surface area contributed by atoms with Crippen LogP contribution < -0.4 is 4.74 Å². The standard InChI is InChI=1S/C53H32N4O/c1-6-20-45-37(13-1)38-14-2-7-21-46(38)56(45)35-29-34(30-36(32-35)57-47-22-8-3-15-39(47)40-16-4-9-23-48(40)57)33-25-26-50-44(31-33)53(41-17-5-10-24-49(41)58-50)42-18-11-27-54-51(42)52-43(53)19-12-28-55-52/h1-32H. The van der Waals surface area contributed by atoms with Gasteiger partial charge in [-0.05, 0) is 95.1 Å². The summed E-state index contributed by atoms with van der Waals surface area (Å²) < 4.78 is 11.6. The molecule has 5 heterocycles. The van der Waals surface area contributed by atoms with Crippen LogP contribution >= 0.6 is 0 Å². The normalized spacial score (nSPS) is 13.4. The van der Waals surface area contributed by atoms with E-state index in [0.29, 0.717) is 0 Å². The van der Waals surface area contributed by atoms with E-state index < -0.39 is 5.41 Å². The van der Waals surface area contributed by atoms with Gasteiger partial charge in [-0.2, -0.15) is 0 Å². The van der Waals surface area contributed by atoms with Crippen molar-refractivity contribution in [1.82, 2.24) is 19.1 Å². The van der Waals surface area contributed by atoms with E-state index in [1.54, 1.807) is 0 Å². The molecule has 4 aromatic heterocycles. The Morgan fingerprint density at radius 2 is 0.810 bits per heavy atom. The van der Waals surface area contributed by atoms with Gasteiger partial charge in [-0.25, -0.2) is 0 Å². The molecule has 270 valence electrons. The van der Waals surface area contributed by atoms with Crippen molar-refractivity contribution in [1.29, 1.82) is 0 Å². The first-order valence-electron chi connectivity index (χ1n) is 19.7. The van der Waals surface area contributed by atoms with Crippen molar-refractivity contribution in [2.45, 2.75) is 5.41 Å². The van der Waals surface area contributed by atoms with E-state index in [9.17, 15) is 0 Å². The molecule has 1 aliphatic heterocycles. The first-order chi connectivity index (χ1) is 28.8.